The summed E-state index contributed by atoms with van der Waals surface area (Å²) in [6, 6.07) is 0. The van der Waals surface area contributed by atoms with Crippen LogP contribution in [0.15, 0.2) is 0 Å². The molecule has 1 heteroatoms. The van der Waals surface area contributed by atoms with Crippen LogP contribution in [0.2, 0.25) is 0 Å². The van der Waals surface area contributed by atoms with Crippen molar-refractivity contribution < 1.29 is 32.7 Å². The second-order valence-corrected chi connectivity index (χ2v) is 4.67. The van der Waals surface area contributed by atoms with Crippen molar-refractivity contribution in [3.63, 3.8) is 0 Å². The van der Waals surface area contributed by atoms with Crippen molar-refractivity contribution in [2.24, 2.45) is 17.8 Å². The minimum absolute atomic E-state index is 0. The minimum Gasteiger partial charge on any atom is -0.313 e. The molecule has 0 heterocycles. The summed E-state index contributed by atoms with van der Waals surface area (Å²) in [5, 5.41) is 0. The fourth-order valence-electron chi connectivity index (χ4n) is 3.68. The summed E-state index contributed by atoms with van der Waals surface area (Å²) in [6.07, 6.45) is 9.31. The largest absolute Gasteiger partial charge is 0.313 e. The maximum atomic E-state index is 1.93. The summed E-state index contributed by atoms with van der Waals surface area (Å²) >= 11 is 0. The van der Waals surface area contributed by atoms with Gasteiger partial charge in [0.15, 0.2) is 0 Å². The Hall–Kier alpha value is 1.10. The molecule has 0 aliphatic heterocycles. The van der Waals surface area contributed by atoms with Gasteiger partial charge in [0.1, 0.15) is 0 Å². The Labute approximate surface area is 94.4 Å². The fourth-order valence-corrected chi connectivity index (χ4v) is 3.68. The van der Waals surface area contributed by atoms with Crippen LogP contribution >= 0.6 is 0 Å². The van der Waals surface area contributed by atoms with Gasteiger partial charge in [-0.2, -0.15) is 19.3 Å². The third kappa shape index (κ3) is 1.46. The average Bonchev–Trinajstić information content (AvgIpc) is 1.82. The van der Waals surface area contributed by atoms with Crippen LogP contribution in [0.5, 0.6) is 0 Å². The van der Waals surface area contributed by atoms with Crippen molar-refractivity contribution in [3.8, 4) is 0 Å². The normalized spacial score (nSPS) is 47.5. The van der Waals surface area contributed by atoms with Crippen LogP contribution in [-0.4, -0.2) is 0 Å². The SMILES string of the molecule is C1[C-]2CC3CC1CC(C2)C3.[Y]. The topological polar surface area (TPSA) is 0 Å². The summed E-state index contributed by atoms with van der Waals surface area (Å²) in [7, 11) is 0. The maximum Gasteiger partial charge on any atom is 0 e. The maximum absolute atomic E-state index is 1.93. The van der Waals surface area contributed by atoms with E-state index in [9.17, 15) is 0 Å². The number of hydrogen-bond acceptors (Lipinski definition) is 0. The van der Waals surface area contributed by atoms with Crippen LogP contribution in [0.3, 0.4) is 0 Å². The van der Waals surface area contributed by atoms with E-state index in [2.05, 4.69) is 0 Å². The van der Waals surface area contributed by atoms with E-state index in [1.54, 1.807) is 19.3 Å². The Balaban J connectivity index is 0.000000480. The van der Waals surface area contributed by atoms with Crippen molar-refractivity contribution in [2.45, 2.75) is 38.5 Å². The van der Waals surface area contributed by atoms with Crippen LogP contribution in [0.25, 0.3) is 0 Å². The Morgan fingerprint density at radius 2 is 1.09 bits per heavy atom. The molecule has 11 heavy (non-hydrogen) atoms. The van der Waals surface area contributed by atoms with E-state index in [1.807, 2.05) is 5.92 Å². The van der Waals surface area contributed by atoms with Crippen molar-refractivity contribution in [3.05, 3.63) is 5.92 Å². The standard InChI is InChI=1S/C10H15.Y/c1-7-2-9-4-8(1)5-10(3-7)6-9;/h7-9H,1-6H2;/q-1;. The van der Waals surface area contributed by atoms with Gasteiger partial charge in [0, 0.05) is 32.7 Å². The third-order valence-corrected chi connectivity index (χ3v) is 3.73. The second-order valence-electron chi connectivity index (χ2n) is 4.67. The van der Waals surface area contributed by atoms with Gasteiger partial charge in [0.25, 0.3) is 0 Å². The molecule has 0 amide bonds. The predicted octanol–water partition coefficient (Wildman–Crippen LogP) is 2.79. The Morgan fingerprint density at radius 3 is 1.36 bits per heavy atom. The van der Waals surface area contributed by atoms with Crippen molar-refractivity contribution in [1.82, 2.24) is 0 Å². The predicted molar refractivity (Wildman–Crippen MR) is 41.4 cm³/mol. The van der Waals surface area contributed by atoms with Crippen LogP contribution in [0.1, 0.15) is 38.5 Å². The molecule has 0 N–H and O–H groups in total. The molecule has 59 valence electrons. The molecule has 0 unspecified atom stereocenters. The van der Waals surface area contributed by atoms with E-state index in [4.69, 9.17) is 0 Å². The van der Waals surface area contributed by atoms with Crippen LogP contribution in [-0.2, 0) is 32.7 Å². The van der Waals surface area contributed by atoms with Gasteiger partial charge in [0.05, 0.1) is 0 Å². The molecule has 0 aromatic rings. The molecule has 0 nitrogen and oxygen atoms in total. The van der Waals surface area contributed by atoms with Crippen molar-refractivity contribution in [2.75, 3.05) is 0 Å². The average molecular weight is 224 g/mol. The zero-order valence-corrected chi connectivity index (χ0v) is 9.89. The van der Waals surface area contributed by atoms with Gasteiger partial charge in [-0.1, -0.05) is 37.0 Å². The summed E-state index contributed by atoms with van der Waals surface area (Å²) in [6.45, 7) is 0. The van der Waals surface area contributed by atoms with Gasteiger partial charge < -0.3 is 5.92 Å². The van der Waals surface area contributed by atoms with E-state index in [0.717, 1.165) is 17.8 Å². The molecule has 0 atom stereocenters. The molecule has 0 saturated heterocycles. The monoisotopic (exact) mass is 224 g/mol. The fraction of sp³-hybridized carbons (Fsp3) is 0.900. The van der Waals surface area contributed by atoms with E-state index in [1.165, 1.54) is 19.3 Å². The van der Waals surface area contributed by atoms with Gasteiger partial charge in [-0.25, -0.2) is 0 Å². The molecule has 4 rings (SSSR count). The van der Waals surface area contributed by atoms with Crippen LogP contribution in [0.4, 0.5) is 0 Å². The van der Waals surface area contributed by atoms with Gasteiger partial charge >= 0.3 is 0 Å². The van der Waals surface area contributed by atoms with Crippen LogP contribution in [0, 0.1) is 23.7 Å². The molecule has 0 aromatic heterocycles. The first-order valence-corrected chi connectivity index (χ1v) is 4.73. The first kappa shape index (κ1) is 8.69. The molecule has 4 bridgehead atoms. The van der Waals surface area contributed by atoms with Gasteiger partial charge in [-0.15, -0.1) is 0 Å². The summed E-state index contributed by atoms with van der Waals surface area (Å²) < 4.78 is 0. The minimum atomic E-state index is 0. The second kappa shape index (κ2) is 3.11. The zero-order valence-electron chi connectivity index (χ0n) is 7.05. The third-order valence-electron chi connectivity index (χ3n) is 3.73. The first-order valence-electron chi connectivity index (χ1n) is 4.73. The van der Waals surface area contributed by atoms with E-state index in [0.29, 0.717) is 0 Å². The number of hydrogen-bond donors (Lipinski definition) is 0. The molecule has 4 saturated carbocycles. The van der Waals surface area contributed by atoms with Gasteiger partial charge in [-0.05, 0) is 0 Å². The Morgan fingerprint density at radius 1 is 0.727 bits per heavy atom. The Kier molecular flexibility index (Phi) is 2.45. The quantitative estimate of drug-likeness (QED) is 0.555. The van der Waals surface area contributed by atoms with E-state index >= 15 is 0 Å². The molecule has 0 spiro atoms. The van der Waals surface area contributed by atoms with E-state index in [-0.39, 0.29) is 32.7 Å². The van der Waals surface area contributed by atoms with Gasteiger partial charge in [-0.3, -0.25) is 0 Å². The molecule has 1 radical (unpaired) electrons. The van der Waals surface area contributed by atoms with Crippen molar-refractivity contribution in [1.29, 1.82) is 0 Å². The summed E-state index contributed by atoms with van der Waals surface area (Å²) in [4.78, 5) is 0. The molecule has 4 fully saturated rings. The molecule has 0 aromatic carbocycles. The molecular weight excluding hydrogens is 209 g/mol. The summed E-state index contributed by atoms with van der Waals surface area (Å²) in [5.41, 5.74) is 0. The smallest absolute Gasteiger partial charge is 0 e. The molecule has 4 aliphatic carbocycles. The Bertz CT molecular complexity index is 96.4. The van der Waals surface area contributed by atoms with Crippen LogP contribution < -0.4 is 0 Å². The van der Waals surface area contributed by atoms with E-state index < -0.39 is 0 Å². The number of rotatable bonds is 0. The van der Waals surface area contributed by atoms with Crippen molar-refractivity contribution >= 4 is 0 Å². The molecule has 4 aliphatic rings. The summed E-state index contributed by atoms with van der Waals surface area (Å²) in [5.74, 6) is 5.35. The van der Waals surface area contributed by atoms with Gasteiger partial charge in [0.2, 0.25) is 0 Å². The zero-order chi connectivity index (χ0) is 6.55. The first-order chi connectivity index (χ1) is 4.90. The molecular formula is C10H15Y-.